The van der Waals surface area contributed by atoms with Gasteiger partial charge in [-0.3, -0.25) is 4.79 Å². The maximum Gasteiger partial charge on any atom is 0.308 e. The van der Waals surface area contributed by atoms with Crippen LogP contribution < -0.4 is 4.74 Å². The third-order valence-electron chi connectivity index (χ3n) is 4.81. The van der Waals surface area contributed by atoms with Gasteiger partial charge in [0, 0.05) is 0 Å². The molecule has 0 aliphatic heterocycles. The largest absolute Gasteiger partial charge is 0.494 e. The molecule has 1 atom stereocenters. The van der Waals surface area contributed by atoms with Crippen LogP contribution in [-0.2, 0) is 16.0 Å². The number of esters is 1. The van der Waals surface area contributed by atoms with Crippen LogP contribution in [0, 0.1) is 5.92 Å². The van der Waals surface area contributed by atoms with Crippen molar-refractivity contribution in [3.05, 3.63) is 29.8 Å². The van der Waals surface area contributed by atoms with E-state index in [4.69, 9.17) is 9.47 Å². The summed E-state index contributed by atoms with van der Waals surface area (Å²) in [6.07, 6.45) is 11.4. The van der Waals surface area contributed by atoms with Crippen LogP contribution in [0.4, 0.5) is 0 Å². The second kappa shape index (κ2) is 14.6. The Morgan fingerprint density at radius 1 is 0.885 bits per heavy atom. The normalized spacial score (nSPS) is 12.0. The maximum absolute atomic E-state index is 11.5. The molecule has 0 spiro atoms. The van der Waals surface area contributed by atoms with Gasteiger partial charge in [0.15, 0.2) is 0 Å². The second-order valence-corrected chi connectivity index (χ2v) is 7.19. The van der Waals surface area contributed by atoms with Crippen LogP contribution in [0.1, 0.15) is 84.1 Å². The number of hydrogen-bond donors (Lipinski definition) is 0. The van der Waals surface area contributed by atoms with Crippen molar-refractivity contribution in [1.82, 2.24) is 0 Å². The fraction of sp³-hybridized carbons (Fsp3) is 0.696. The Morgan fingerprint density at radius 3 is 2.19 bits per heavy atom. The SMILES string of the molecule is CCCCCCc1ccc(OCCCCCCOC(=O)C(C)CC)cc1. The average molecular weight is 363 g/mol. The van der Waals surface area contributed by atoms with Crippen molar-refractivity contribution in [1.29, 1.82) is 0 Å². The Balaban J connectivity index is 2.01. The molecule has 0 aromatic heterocycles. The lowest BCUT2D eigenvalue weighted by Crippen LogP contribution is -2.14. The molecule has 0 radical (unpaired) electrons. The molecular weight excluding hydrogens is 324 g/mol. The Morgan fingerprint density at radius 2 is 1.54 bits per heavy atom. The summed E-state index contributed by atoms with van der Waals surface area (Å²) in [6, 6.07) is 8.55. The lowest BCUT2D eigenvalue weighted by Gasteiger charge is -2.09. The van der Waals surface area contributed by atoms with E-state index in [0.717, 1.165) is 44.5 Å². The first-order valence-electron chi connectivity index (χ1n) is 10.6. The zero-order valence-electron chi connectivity index (χ0n) is 17.1. The highest BCUT2D eigenvalue weighted by Gasteiger charge is 2.10. The number of benzene rings is 1. The minimum atomic E-state index is -0.0651. The fourth-order valence-corrected chi connectivity index (χ4v) is 2.74. The summed E-state index contributed by atoms with van der Waals surface area (Å²) < 4.78 is 11.1. The fourth-order valence-electron chi connectivity index (χ4n) is 2.74. The Hall–Kier alpha value is -1.51. The summed E-state index contributed by atoms with van der Waals surface area (Å²) in [5.41, 5.74) is 1.40. The van der Waals surface area contributed by atoms with Gasteiger partial charge in [0.05, 0.1) is 19.1 Å². The summed E-state index contributed by atoms with van der Waals surface area (Å²) in [5, 5.41) is 0. The molecule has 26 heavy (non-hydrogen) atoms. The van der Waals surface area contributed by atoms with Gasteiger partial charge in [0.2, 0.25) is 0 Å². The number of carbonyl (C=O) groups excluding carboxylic acids is 1. The molecule has 148 valence electrons. The molecule has 1 unspecified atom stereocenters. The first kappa shape index (κ1) is 22.5. The van der Waals surface area contributed by atoms with Crippen LogP contribution in [0.15, 0.2) is 24.3 Å². The number of rotatable bonds is 15. The van der Waals surface area contributed by atoms with Crippen molar-refractivity contribution in [2.45, 2.75) is 85.0 Å². The Kier molecular flexibility index (Phi) is 12.7. The third kappa shape index (κ3) is 10.5. The van der Waals surface area contributed by atoms with Crippen LogP contribution in [0.3, 0.4) is 0 Å². The van der Waals surface area contributed by atoms with Gasteiger partial charge in [-0.15, -0.1) is 0 Å². The van der Waals surface area contributed by atoms with E-state index in [-0.39, 0.29) is 11.9 Å². The van der Waals surface area contributed by atoms with Gasteiger partial charge in [-0.2, -0.15) is 0 Å². The van der Waals surface area contributed by atoms with Gasteiger partial charge < -0.3 is 9.47 Å². The van der Waals surface area contributed by atoms with Crippen LogP contribution in [0.2, 0.25) is 0 Å². The molecule has 0 heterocycles. The highest BCUT2D eigenvalue weighted by atomic mass is 16.5. The lowest BCUT2D eigenvalue weighted by atomic mass is 10.1. The Bertz CT molecular complexity index is 467. The van der Waals surface area contributed by atoms with E-state index >= 15 is 0 Å². The first-order valence-corrected chi connectivity index (χ1v) is 10.6. The van der Waals surface area contributed by atoms with Crippen molar-refractivity contribution < 1.29 is 14.3 Å². The molecule has 0 N–H and O–H groups in total. The van der Waals surface area contributed by atoms with Gasteiger partial charge >= 0.3 is 5.97 Å². The van der Waals surface area contributed by atoms with Crippen molar-refractivity contribution in [3.8, 4) is 5.75 Å². The van der Waals surface area contributed by atoms with E-state index in [9.17, 15) is 4.79 Å². The molecule has 3 heteroatoms. The highest BCUT2D eigenvalue weighted by Crippen LogP contribution is 2.15. The van der Waals surface area contributed by atoms with E-state index in [0.29, 0.717) is 6.61 Å². The van der Waals surface area contributed by atoms with Gasteiger partial charge in [-0.25, -0.2) is 0 Å². The zero-order chi connectivity index (χ0) is 19.0. The number of ether oxygens (including phenoxy) is 2. The highest BCUT2D eigenvalue weighted by molar-refractivity contribution is 5.71. The topological polar surface area (TPSA) is 35.5 Å². The van der Waals surface area contributed by atoms with Crippen molar-refractivity contribution >= 4 is 5.97 Å². The summed E-state index contributed by atoms with van der Waals surface area (Å²) >= 11 is 0. The van der Waals surface area contributed by atoms with Gasteiger partial charge in [0.25, 0.3) is 0 Å². The van der Waals surface area contributed by atoms with Crippen molar-refractivity contribution in [2.24, 2.45) is 5.92 Å². The van der Waals surface area contributed by atoms with Gasteiger partial charge in [-0.05, 0) is 62.6 Å². The predicted octanol–water partition coefficient (Wildman–Crippen LogP) is 6.34. The minimum absolute atomic E-state index is 0.0196. The first-order chi connectivity index (χ1) is 12.7. The van der Waals surface area contributed by atoms with Crippen molar-refractivity contribution in [2.75, 3.05) is 13.2 Å². The monoisotopic (exact) mass is 362 g/mol. The predicted molar refractivity (Wildman–Crippen MR) is 109 cm³/mol. The maximum atomic E-state index is 11.5. The number of aryl methyl sites for hydroxylation is 1. The van der Waals surface area contributed by atoms with Gasteiger partial charge in [0.1, 0.15) is 5.75 Å². The molecule has 0 amide bonds. The standard InChI is InChI=1S/C23H38O3/c1-4-6-7-10-13-21-14-16-22(17-15-21)25-18-11-8-9-12-19-26-23(24)20(3)5-2/h14-17,20H,4-13,18-19H2,1-3H3. The van der Waals surface area contributed by atoms with Crippen molar-refractivity contribution in [3.63, 3.8) is 0 Å². The molecule has 1 aromatic carbocycles. The molecular formula is C23H38O3. The lowest BCUT2D eigenvalue weighted by molar-refractivity contribution is -0.148. The van der Waals surface area contributed by atoms with Gasteiger partial charge in [-0.1, -0.05) is 52.2 Å². The Labute approximate surface area is 160 Å². The number of hydrogen-bond acceptors (Lipinski definition) is 3. The van der Waals surface area contributed by atoms with Crippen LogP contribution >= 0.6 is 0 Å². The van der Waals surface area contributed by atoms with Crippen LogP contribution in [0.5, 0.6) is 5.75 Å². The third-order valence-corrected chi connectivity index (χ3v) is 4.81. The summed E-state index contributed by atoms with van der Waals surface area (Å²) in [7, 11) is 0. The molecule has 1 rings (SSSR count). The molecule has 0 bridgehead atoms. The summed E-state index contributed by atoms with van der Waals surface area (Å²) in [5.74, 6) is 0.917. The quantitative estimate of drug-likeness (QED) is 0.270. The van der Waals surface area contributed by atoms with E-state index in [1.54, 1.807) is 0 Å². The minimum Gasteiger partial charge on any atom is -0.494 e. The molecule has 1 aromatic rings. The summed E-state index contributed by atoms with van der Waals surface area (Å²) in [6.45, 7) is 7.47. The molecule has 3 nitrogen and oxygen atoms in total. The molecule has 0 saturated carbocycles. The zero-order valence-corrected chi connectivity index (χ0v) is 17.1. The smallest absolute Gasteiger partial charge is 0.308 e. The van der Waals surface area contributed by atoms with E-state index in [2.05, 4.69) is 31.2 Å². The van der Waals surface area contributed by atoms with Crippen LogP contribution in [-0.4, -0.2) is 19.2 Å². The van der Waals surface area contributed by atoms with E-state index in [1.165, 1.54) is 37.7 Å². The number of carbonyl (C=O) groups is 1. The average Bonchev–Trinajstić information content (AvgIpc) is 2.67. The molecule has 0 aliphatic carbocycles. The molecule has 0 saturated heterocycles. The van der Waals surface area contributed by atoms with E-state index in [1.807, 2.05) is 13.8 Å². The number of unbranched alkanes of at least 4 members (excludes halogenated alkanes) is 6. The van der Waals surface area contributed by atoms with Crippen LogP contribution in [0.25, 0.3) is 0 Å². The molecule has 0 fully saturated rings. The van der Waals surface area contributed by atoms with E-state index < -0.39 is 0 Å². The molecule has 0 aliphatic rings. The second-order valence-electron chi connectivity index (χ2n) is 7.19. The summed E-state index contributed by atoms with van der Waals surface area (Å²) in [4.78, 5) is 11.5.